The Morgan fingerprint density at radius 1 is 1.24 bits per heavy atom. The molecule has 0 radical (unpaired) electrons. The fourth-order valence-corrected chi connectivity index (χ4v) is 2.18. The molecule has 21 heavy (non-hydrogen) atoms. The van der Waals surface area contributed by atoms with Gasteiger partial charge in [0.05, 0.1) is 5.02 Å². The molecule has 0 fully saturated rings. The van der Waals surface area contributed by atoms with Crippen molar-refractivity contribution < 1.29 is 14.6 Å². The van der Waals surface area contributed by atoms with E-state index in [4.69, 9.17) is 22.1 Å². The Balaban J connectivity index is 2.37. The average molecular weight is 306 g/mol. The van der Waals surface area contributed by atoms with Crippen LogP contribution in [-0.4, -0.2) is 11.1 Å². The molecule has 5 heteroatoms. The van der Waals surface area contributed by atoms with E-state index in [-0.39, 0.29) is 22.0 Å². The second kappa shape index (κ2) is 6.06. The van der Waals surface area contributed by atoms with E-state index < -0.39 is 5.97 Å². The van der Waals surface area contributed by atoms with Crippen LogP contribution in [0.1, 0.15) is 35.7 Å². The molecule has 0 saturated heterocycles. The Morgan fingerprint density at radius 2 is 1.86 bits per heavy atom. The number of halogens is 1. The minimum absolute atomic E-state index is 0.0621. The normalized spacial score (nSPS) is 10.7. The van der Waals surface area contributed by atoms with Gasteiger partial charge in [0, 0.05) is 5.69 Å². The summed E-state index contributed by atoms with van der Waals surface area (Å²) in [6, 6.07) is 10.2. The first kappa shape index (κ1) is 15.2. The number of carbonyl (C=O) groups is 1. The molecule has 0 atom stereocenters. The first-order chi connectivity index (χ1) is 9.88. The van der Waals surface area contributed by atoms with Crippen LogP contribution in [0.15, 0.2) is 36.4 Å². The van der Waals surface area contributed by atoms with Gasteiger partial charge in [-0.2, -0.15) is 0 Å². The Labute approximate surface area is 128 Å². The minimum Gasteiger partial charge on any atom is -0.478 e. The zero-order chi connectivity index (χ0) is 15.6. The van der Waals surface area contributed by atoms with Crippen molar-refractivity contribution in [1.29, 1.82) is 0 Å². The van der Waals surface area contributed by atoms with Crippen LogP contribution in [0.25, 0.3) is 0 Å². The van der Waals surface area contributed by atoms with Crippen LogP contribution in [0.3, 0.4) is 0 Å². The monoisotopic (exact) mass is 305 g/mol. The maximum atomic E-state index is 11.3. The largest absolute Gasteiger partial charge is 0.478 e. The van der Waals surface area contributed by atoms with Crippen LogP contribution in [0.4, 0.5) is 5.69 Å². The molecule has 0 aliphatic rings. The van der Waals surface area contributed by atoms with Crippen LogP contribution in [0, 0.1) is 0 Å². The van der Waals surface area contributed by atoms with Gasteiger partial charge in [-0.1, -0.05) is 37.6 Å². The first-order valence-electron chi connectivity index (χ1n) is 6.48. The van der Waals surface area contributed by atoms with Crippen LogP contribution >= 0.6 is 11.6 Å². The Kier molecular flexibility index (Phi) is 4.38. The topological polar surface area (TPSA) is 72.5 Å². The molecule has 4 nitrogen and oxygen atoms in total. The predicted octanol–water partition coefficient (Wildman–Crippen LogP) is 4.54. The standard InChI is InChI=1S/C16H16ClNO3/c1-9(2)10-3-5-12(6-4-10)21-15-13(16(19)20)7-11(18)8-14(15)17/h3-9H,18H2,1-2H3,(H,19,20). The van der Waals surface area contributed by atoms with E-state index in [1.54, 1.807) is 12.1 Å². The molecular weight excluding hydrogens is 290 g/mol. The molecule has 0 amide bonds. The quantitative estimate of drug-likeness (QED) is 0.814. The number of nitrogen functional groups attached to an aromatic ring is 1. The van der Waals surface area contributed by atoms with Gasteiger partial charge in [-0.3, -0.25) is 0 Å². The van der Waals surface area contributed by atoms with E-state index in [0.717, 1.165) is 0 Å². The molecule has 2 aromatic rings. The molecule has 0 spiro atoms. The summed E-state index contributed by atoms with van der Waals surface area (Å²) in [4.78, 5) is 11.3. The summed E-state index contributed by atoms with van der Waals surface area (Å²) in [7, 11) is 0. The number of ether oxygens (including phenoxy) is 1. The molecule has 2 rings (SSSR count). The Hall–Kier alpha value is -2.20. The molecule has 0 saturated carbocycles. The summed E-state index contributed by atoms with van der Waals surface area (Å²) < 4.78 is 5.62. The van der Waals surface area contributed by atoms with Crippen LogP contribution in [-0.2, 0) is 0 Å². The summed E-state index contributed by atoms with van der Waals surface area (Å²) in [5.41, 5.74) is 7.00. The van der Waals surface area contributed by atoms with Crippen molar-refractivity contribution in [2.45, 2.75) is 19.8 Å². The fraction of sp³-hybridized carbons (Fsp3) is 0.188. The van der Waals surface area contributed by atoms with Crippen molar-refractivity contribution in [3.05, 3.63) is 52.5 Å². The van der Waals surface area contributed by atoms with Crippen molar-refractivity contribution in [3.63, 3.8) is 0 Å². The van der Waals surface area contributed by atoms with Gasteiger partial charge in [-0.15, -0.1) is 0 Å². The predicted molar refractivity (Wildman–Crippen MR) is 83.4 cm³/mol. The maximum Gasteiger partial charge on any atom is 0.339 e. The molecule has 0 unspecified atom stereocenters. The number of hydrogen-bond acceptors (Lipinski definition) is 3. The van der Waals surface area contributed by atoms with Crippen LogP contribution < -0.4 is 10.5 Å². The van der Waals surface area contributed by atoms with Gasteiger partial charge in [0.2, 0.25) is 0 Å². The van der Waals surface area contributed by atoms with Gasteiger partial charge in [0.15, 0.2) is 5.75 Å². The third-order valence-corrected chi connectivity index (χ3v) is 3.34. The Bertz CT molecular complexity index is 666. The summed E-state index contributed by atoms with van der Waals surface area (Å²) in [6.45, 7) is 4.18. The Morgan fingerprint density at radius 3 is 2.38 bits per heavy atom. The van der Waals surface area contributed by atoms with E-state index in [0.29, 0.717) is 11.7 Å². The smallest absolute Gasteiger partial charge is 0.339 e. The highest BCUT2D eigenvalue weighted by Crippen LogP contribution is 2.35. The fourth-order valence-electron chi connectivity index (χ4n) is 1.92. The molecule has 0 heterocycles. The number of hydrogen-bond donors (Lipinski definition) is 2. The number of aromatic carboxylic acids is 1. The maximum absolute atomic E-state index is 11.3. The molecule has 2 aromatic carbocycles. The van der Waals surface area contributed by atoms with E-state index in [2.05, 4.69) is 13.8 Å². The molecule has 110 valence electrons. The third kappa shape index (κ3) is 3.47. The highest BCUT2D eigenvalue weighted by molar-refractivity contribution is 6.33. The number of carboxylic acid groups (broad SMARTS) is 1. The van der Waals surface area contributed by atoms with Crippen molar-refractivity contribution in [2.75, 3.05) is 5.73 Å². The second-order valence-electron chi connectivity index (χ2n) is 5.01. The molecular formula is C16H16ClNO3. The van der Waals surface area contributed by atoms with Crippen molar-refractivity contribution in [1.82, 2.24) is 0 Å². The lowest BCUT2D eigenvalue weighted by Gasteiger charge is -2.12. The lowest BCUT2D eigenvalue weighted by Crippen LogP contribution is -2.02. The highest BCUT2D eigenvalue weighted by Gasteiger charge is 2.17. The average Bonchev–Trinajstić information content (AvgIpc) is 2.41. The lowest BCUT2D eigenvalue weighted by atomic mass is 10.0. The van der Waals surface area contributed by atoms with E-state index in [1.165, 1.54) is 17.7 Å². The molecule has 3 N–H and O–H groups in total. The molecule has 0 aliphatic heterocycles. The number of nitrogens with two attached hydrogens (primary N) is 1. The van der Waals surface area contributed by atoms with E-state index >= 15 is 0 Å². The molecule has 0 aliphatic carbocycles. The molecule has 0 aromatic heterocycles. The SMILES string of the molecule is CC(C)c1ccc(Oc2c(Cl)cc(N)cc2C(=O)O)cc1. The van der Waals surface area contributed by atoms with Crippen molar-refractivity contribution >= 4 is 23.3 Å². The highest BCUT2D eigenvalue weighted by atomic mass is 35.5. The first-order valence-corrected chi connectivity index (χ1v) is 6.86. The lowest BCUT2D eigenvalue weighted by molar-refractivity contribution is 0.0694. The number of anilines is 1. The van der Waals surface area contributed by atoms with Gasteiger partial charge in [-0.25, -0.2) is 4.79 Å². The van der Waals surface area contributed by atoms with Crippen molar-refractivity contribution in [3.8, 4) is 11.5 Å². The summed E-state index contributed by atoms with van der Waals surface area (Å²) in [5, 5.41) is 9.38. The van der Waals surface area contributed by atoms with Crippen LogP contribution in [0.2, 0.25) is 5.02 Å². The summed E-state index contributed by atoms with van der Waals surface area (Å²) >= 11 is 6.04. The number of rotatable bonds is 4. The van der Waals surface area contributed by atoms with Gasteiger partial charge >= 0.3 is 5.97 Å². The second-order valence-corrected chi connectivity index (χ2v) is 5.42. The van der Waals surface area contributed by atoms with Crippen molar-refractivity contribution in [2.24, 2.45) is 0 Å². The van der Waals surface area contributed by atoms with Gasteiger partial charge in [0.25, 0.3) is 0 Å². The summed E-state index contributed by atoms with van der Waals surface area (Å²) in [5.74, 6) is -0.115. The number of carboxylic acids is 1. The minimum atomic E-state index is -1.14. The number of benzene rings is 2. The third-order valence-electron chi connectivity index (χ3n) is 3.06. The van der Waals surface area contributed by atoms with Gasteiger partial charge in [0.1, 0.15) is 11.3 Å². The zero-order valence-electron chi connectivity index (χ0n) is 11.8. The van der Waals surface area contributed by atoms with Gasteiger partial charge in [-0.05, 0) is 35.7 Å². The summed E-state index contributed by atoms with van der Waals surface area (Å²) in [6.07, 6.45) is 0. The van der Waals surface area contributed by atoms with Gasteiger partial charge < -0.3 is 15.6 Å². The van der Waals surface area contributed by atoms with E-state index in [1.807, 2.05) is 12.1 Å². The van der Waals surface area contributed by atoms with Crippen LogP contribution in [0.5, 0.6) is 11.5 Å². The molecule has 0 bridgehead atoms. The van der Waals surface area contributed by atoms with E-state index in [9.17, 15) is 9.90 Å². The zero-order valence-corrected chi connectivity index (χ0v) is 12.5.